The summed E-state index contributed by atoms with van der Waals surface area (Å²) >= 11 is 1.64. The van der Waals surface area contributed by atoms with Crippen molar-refractivity contribution in [1.29, 1.82) is 0 Å². The van der Waals surface area contributed by atoms with Gasteiger partial charge in [-0.25, -0.2) is 9.78 Å². The highest BCUT2D eigenvalue weighted by Crippen LogP contribution is 2.23. The number of rotatable bonds is 6. The Kier molecular flexibility index (Phi) is 6.13. The monoisotopic (exact) mass is 431 g/mol. The molecule has 2 N–H and O–H groups in total. The van der Waals surface area contributed by atoms with Crippen LogP contribution < -0.4 is 10.6 Å². The number of hydrogen-bond acceptors (Lipinski definition) is 4. The SMILES string of the molecule is Cc1nc(-c2ccc(C(C)NC(=O)Nc3cc(C)n(Cc4ccccc4)n3)cc2)cs1. The number of nitrogens with one attached hydrogen (secondary N) is 2. The molecule has 158 valence electrons. The average Bonchev–Trinajstić information content (AvgIpc) is 3.34. The zero-order valence-corrected chi connectivity index (χ0v) is 18.6. The van der Waals surface area contributed by atoms with Crippen LogP contribution in [0.3, 0.4) is 0 Å². The third-order valence-corrected chi connectivity index (χ3v) is 5.84. The van der Waals surface area contributed by atoms with Crippen molar-refractivity contribution in [3.63, 3.8) is 0 Å². The van der Waals surface area contributed by atoms with Crippen LogP contribution in [0.1, 0.15) is 34.8 Å². The van der Waals surface area contributed by atoms with Crippen LogP contribution in [0.4, 0.5) is 10.6 Å². The van der Waals surface area contributed by atoms with Gasteiger partial charge in [0.2, 0.25) is 0 Å². The van der Waals surface area contributed by atoms with Crippen LogP contribution in [-0.2, 0) is 6.54 Å². The molecule has 2 amide bonds. The molecule has 1 atom stereocenters. The number of urea groups is 1. The molecule has 4 aromatic rings. The van der Waals surface area contributed by atoms with Gasteiger partial charge in [-0.1, -0.05) is 54.6 Å². The van der Waals surface area contributed by atoms with Gasteiger partial charge in [0, 0.05) is 22.7 Å². The van der Waals surface area contributed by atoms with Crippen LogP contribution in [-0.4, -0.2) is 20.8 Å². The average molecular weight is 432 g/mol. The number of amides is 2. The van der Waals surface area contributed by atoms with Crippen molar-refractivity contribution in [3.05, 3.63) is 87.9 Å². The van der Waals surface area contributed by atoms with E-state index in [0.717, 1.165) is 33.1 Å². The van der Waals surface area contributed by atoms with Crippen LogP contribution in [0.25, 0.3) is 11.3 Å². The molecule has 0 bridgehead atoms. The first-order valence-corrected chi connectivity index (χ1v) is 11.0. The maximum absolute atomic E-state index is 12.5. The summed E-state index contributed by atoms with van der Waals surface area (Å²) in [6.07, 6.45) is 0. The third kappa shape index (κ3) is 5.19. The van der Waals surface area contributed by atoms with Crippen molar-refractivity contribution in [2.75, 3.05) is 5.32 Å². The van der Waals surface area contributed by atoms with Gasteiger partial charge in [0.15, 0.2) is 5.82 Å². The lowest BCUT2D eigenvalue weighted by molar-refractivity contribution is 0.249. The van der Waals surface area contributed by atoms with Crippen LogP contribution >= 0.6 is 11.3 Å². The van der Waals surface area contributed by atoms with Gasteiger partial charge in [0.25, 0.3) is 0 Å². The minimum atomic E-state index is -0.281. The number of nitrogens with zero attached hydrogens (tertiary/aromatic N) is 3. The topological polar surface area (TPSA) is 71.8 Å². The molecule has 0 fully saturated rings. The van der Waals surface area contributed by atoms with E-state index in [2.05, 4.69) is 38.2 Å². The second-order valence-electron chi connectivity index (χ2n) is 7.51. The smallest absolute Gasteiger partial charge is 0.320 e. The lowest BCUT2D eigenvalue weighted by Gasteiger charge is -2.14. The van der Waals surface area contributed by atoms with Gasteiger partial charge in [0.1, 0.15) is 0 Å². The highest BCUT2D eigenvalue weighted by molar-refractivity contribution is 7.09. The lowest BCUT2D eigenvalue weighted by atomic mass is 10.1. The minimum Gasteiger partial charge on any atom is -0.331 e. The summed E-state index contributed by atoms with van der Waals surface area (Å²) < 4.78 is 1.88. The molecule has 0 spiro atoms. The van der Waals surface area contributed by atoms with E-state index in [-0.39, 0.29) is 12.1 Å². The number of anilines is 1. The Morgan fingerprint density at radius 2 is 1.84 bits per heavy atom. The number of aryl methyl sites for hydroxylation is 2. The zero-order valence-electron chi connectivity index (χ0n) is 17.8. The molecular weight excluding hydrogens is 406 g/mol. The highest BCUT2D eigenvalue weighted by Gasteiger charge is 2.13. The van der Waals surface area contributed by atoms with Gasteiger partial charge < -0.3 is 5.32 Å². The molecule has 4 rings (SSSR count). The summed E-state index contributed by atoms with van der Waals surface area (Å²) in [6, 6.07) is 19.7. The van der Waals surface area contributed by atoms with Gasteiger partial charge in [-0.15, -0.1) is 11.3 Å². The van der Waals surface area contributed by atoms with E-state index in [1.54, 1.807) is 11.3 Å². The van der Waals surface area contributed by atoms with E-state index >= 15 is 0 Å². The Hall–Kier alpha value is -3.45. The Morgan fingerprint density at radius 3 is 2.52 bits per heavy atom. The van der Waals surface area contributed by atoms with Crippen LogP contribution in [0, 0.1) is 13.8 Å². The Bertz CT molecular complexity index is 1160. The quantitative estimate of drug-likeness (QED) is 0.420. The minimum absolute atomic E-state index is 0.140. The van der Waals surface area contributed by atoms with E-state index in [0.29, 0.717) is 12.4 Å². The summed E-state index contributed by atoms with van der Waals surface area (Å²) in [4.78, 5) is 17.0. The summed E-state index contributed by atoms with van der Waals surface area (Å²) in [5.74, 6) is 0.535. The molecule has 7 heteroatoms. The van der Waals surface area contributed by atoms with Gasteiger partial charge >= 0.3 is 6.03 Å². The van der Waals surface area contributed by atoms with E-state index in [1.165, 1.54) is 0 Å². The molecule has 0 aliphatic rings. The molecule has 31 heavy (non-hydrogen) atoms. The highest BCUT2D eigenvalue weighted by atomic mass is 32.1. The third-order valence-electron chi connectivity index (χ3n) is 5.07. The van der Waals surface area contributed by atoms with Crippen molar-refractivity contribution in [3.8, 4) is 11.3 Å². The van der Waals surface area contributed by atoms with E-state index in [1.807, 2.05) is 74.0 Å². The number of thiazole rings is 1. The molecule has 2 heterocycles. The Labute approximate surface area is 186 Å². The standard InChI is InChI=1S/C24H25N5OS/c1-16-13-23(28-29(16)14-19-7-5-4-6-8-19)27-24(30)25-17(2)20-9-11-21(12-10-20)22-15-31-18(3)26-22/h4-13,15,17H,14H2,1-3H3,(H2,25,27,28,30). The largest absolute Gasteiger partial charge is 0.331 e. The predicted octanol–water partition coefficient (Wildman–Crippen LogP) is 5.55. The van der Waals surface area contributed by atoms with Crippen molar-refractivity contribution in [2.45, 2.75) is 33.4 Å². The predicted molar refractivity (Wildman–Crippen MR) is 125 cm³/mol. The fourth-order valence-corrected chi connectivity index (χ4v) is 3.98. The molecule has 0 saturated carbocycles. The van der Waals surface area contributed by atoms with Gasteiger partial charge in [0.05, 0.1) is 23.3 Å². The Balaban J connectivity index is 1.35. The molecule has 0 aliphatic carbocycles. The lowest BCUT2D eigenvalue weighted by Crippen LogP contribution is -2.31. The summed E-state index contributed by atoms with van der Waals surface area (Å²) in [5.41, 5.74) is 5.23. The molecule has 1 unspecified atom stereocenters. The van der Waals surface area contributed by atoms with E-state index < -0.39 is 0 Å². The summed E-state index contributed by atoms with van der Waals surface area (Å²) in [6.45, 7) is 6.60. The first kappa shape index (κ1) is 20.8. The van der Waals surface area contributed by atoms with Crippen molar-refractivity contribution in [2.24, 2.45) is 0 Å². The summed E-state index contributed by atoms with van der Waals surface area (Å²) in [5, 5.41) is 13.4. The number of hydrogen-bond donors (Lipinski definition) is 2. The second-order valence-corrected chi connectivity index (χ2v) is 8.57. The fourth-order valence-electron chi connectivity index (χ4n) is 3.36. The fraction of sp³-hybridized carbons (Fsp3) is 0.208. The number of carbonyl (C=O) groups excluding carboxylic acids is 1. The van der Waals surface area contributed by atoms with Crippen LogP contribution in [0.2, 0.25) is 0 Å². The maximum atomic E-state index is 12.5. The number of benzene rings is 2. The number of carbonyl (C=O) groups is 1. The first-order chi connectivity index (χ1) is 15.0. The van der Waals surface area contributed by atoms with Crippen LogP contribution in [0.5, 0.6) is 0 Å². The molecule has 0 saturated heterocycles. The van der Waals surface area contributed by atoms with Crippen LogP contribution in [0.15, 0.2) is 66.0 Å². The van der Waals surface area contributed by atoms with E-state index in [4.69, 9.17) is 0 Å². The van der Waals surface area contributed by atoms with Gasteiger partial charge in [-0.3, -0.25) is 10.00 Å². The molecule has 2 aromatic heterocycles. The normalized spacial score (nSPS) is 11.8. The molecule has 0 aliphatic heterocycles. The van der Waals surface area contributed by atoms with Gasteiger partial charge in [-0.05, 0) is 31.9 Å². The van der Waals surface area contributed by atoms with Gasteiger partial charge in [-0.2, -0.15) is 5.10 Å². The zero-order chi connectivity index (χ0) is 21.8. The molecule has 2 aromatic carbocycles. The Morgan fingerprint density at radius 1 is 1.10 bits per heavy atom. The maximum Gasteiger partial charge on any atom is 0.320 e. The summed E-state index contributed by atoms with van der Waals surface area (Å²) in [7, 11) is 0. The molecule has 6 nitrogen and oxygen atoms in total. The van der Waals surface area contributed by atoms with Crippen molar-refractivity contribution in [1.82, 2.24) is 20.1 Å². The van der Waals surface area contributed by atoms with Crippen molar-refractivity contribution < 1.29 is 4.79 Å². The molecule has 0 radical (unpaired) electrons. The first-order valence-electron chi connectivity index (χ1n) is 10.2. The second kappa shape index (κ2) is 9.14. The number of aromatic nitrogens is 3. The van der Waals surface area contributed by atoms with Crippen molar-refractivity contribution >= 4 is 23.2 Å². The molecular formula is C24H25N5OS. The van der Waals surface area contributed by atoms with E-state index in [9.17, 15) is 4.79 Å².